The van der Waals surface area contributed by atoms with E-state index in [2.05, 4.69) is 15.2 Å². The average molecular weight is 434 g/mol. The summed E-state index contributed by atoms with van der Waals surface area (Å²) in [7, 11) is 0. The number of aliphatic hydroxyl groups excluding tert-OH is 1. The number of aliphatic hydroxyl groups is 1. The summed E-state index contributed by atoms with van der Waals surface area (Å²) in [6.07, 6.45) is 3.94. The maximum absolute atomic E-state index is 13.1. The number of amides is 1. The maximum atomic E-state index is 13.1. The number of hydrogen-bond donors (Lipinski definition) is 1. The molecule has 2 aliphatic rings. The summed E-state index contributed by atoms with van der Waals surface area (Å²) in [4.78, 5) is 31.5. The Morgan fingerprint density at radius 2 is 2.10 bits per heavy atom. The van der Waals surface area contributed by atoms with Gasteiger partial charge in [-0.15, -0.1) is 10.2 Å². The lowest BCUT2D eigenvalue weighted by atomic mass is 9.95. The minimum atomic E-state index is -0.857. The van der Waals surface area contributed by atoms with Crippen molar-refractivity contribution in [2.75, 3.05) is 4.90 Å². The summed E-state index contributed by atoms with van der Waals surface area (Å²) in [5.41, 5.74) is 1.99. The van der Waals surface area contributed by atoms with Crippen LogP contribution >= 0.6 is 11.3 Å². The van der Waals surface area contributed by atoms with Gasteiger partial charge in [0.25, 0.3) is 5.78 Å². The number of hydrogen-bond acceptors (Lipinski definition) is 8. The van der Waals surface area contributed by atoms with Gasteiger partial charge in [-0.05, 0) is 49.2 Å². The molecule has 0 spiro atoms. The minimum Gasteiger partial charge on any atom is -0.507 e. The first-order valence-corrected chi connectivity index (χ1v) is 10.6. The van der Waals surface area contributed by atoms with Gasteiger partial charge in [0.1, 0.15) is 22.6 Å². The fraction of sp³-hybridized carbons (Fsp3) is 0.227. The van der Waals surface area contributed by atoms with E-state index in [1.54, 1.807) is 49.6 Å². The van der Waals surface area contributed by atoms with Gasteiger partial charge in [0, 0.05) is 24.4 Å². The number of Topliss-reactive ketones (excluding diaryl/α,β-unsaturated/α-hetero) is 1. The largest absolute Gasteiger partial charge is 0.507 e. The van der Waals surface area contributed by atoms with Crippen LogP contribution in [0.25, 0.3) is 5.76 Å². The van der Waals surface area contributed by atoms with Crippen molar-refractivity contribution in [2.45, 2.75) is 32.4 Å². The predicted octanol–water partition coefficient (Wildman–Crippen LogP) is 3.19. The molecule has 0 radical (unpaired) electrons. The topological polar surface area (TPSA) is 106 Å². The number of aryl methyl sites for hydroxylation is 1. The van der Waals surface area contributed by atoms with Gasteiger partial charge < -0.3 is 9.84 Å². The zero-order valence-corrected chi connectivity index (χ0v) is 17.6. The Kier molecular flexibility index (Phi) is 4.55. The van der Waals surface area contributed by atoms with Crippen molar-refractivity contribution >= 4 is 33.9 Å². The molecule has 1 amide bonds. The van der Waals surface area contributed by atoms with Crippen LogP contribution < -0.4 is 9.64 Å². The first-order chi connectivity index (χ1) is 14.9. The van der Waals surface area contributed by atoms with Gasteiger partial charge >= 0.3 is 5.91 Å². The summed E-state index contributed by atoms with van der Waals surface area (Å²) in [5.74, 6) is -1.01. The molecule has 0 bridgehead atoms. The number of fused-ring (bicyclic) bond motifs is 1. The first-order valence-electron chi connectivity index (χ1n) is 9.75. The Morgan fingerprint density at radius 1 is 1.26 bits per heavy atom. The predicted molar refractivity (Wildman–Crippen MR) is 114 cm³/mol. The normalized spacial score (nSPS) is 21.9. The van der Waals surface area contributed by atoms with E-state index in [0.29, 0.717) is 27.7 Å². The molecular weight excluding hydrogens is 416 g/mol. The Morgan fingerprint density at radius 3 is 2.81 bits per heavy atom. The van der Waals surface area contributed by atoms with Gasteiger partial charge in [-0.1, -0.05) is 17.4 Å². The van der Waals surface area contributed by atoms with E-state index in [9.17, 15) is 14.7 Å². The highest BCUT2D eigenvalue weighted by molar-refractivity contribution is 7.15. The smallest absolute Gasteiger partial charge is 0.301 e. The van der Waals surface area contributed by atoms with Gasteiger partial charge in [0.05, 0.1) is 11.6 Å². The number of benzene rings is 1. The second-order valence-electron chi connectivity index (χ2n) is 7.51. The standard InChI is InChI=1S/C22H18N4O4S/c1-11-8-15-9-13(5-6-16(15)30-11)19(27)17-18(14-4-3-7-23-10-14)26(21(29)20(17)28)22-25-24-12(2)31-22/h3-7,9-11,18,27H,8H2,1-2H3/b19-17+/t11-,18-/m0/s1. The number of aromatic nitrogens is 3. The molecule has 2 aromatic heterocycles. The average Bonchev–Trinajstić information content (AvgIpc) is 3.43. The molecule has 0 unspecified atom stereocenters. The third kappa shape index (κ3) is 3.17. The van der Waals surface area contributed by atoms with Gasteiger partial charge in [0.15, 0.2) is 0 Å². The third-order valence-corrected chi connectivity index (χ3v) is 6.17. The van der Waals surface area contributed by atoms with Crippen molar-refractivity contribution in [1.82, 2.24) is 15.2 Å². The summed E-state index contributed by atoms with van der Waals surface area (Å²) >= 11 is 1.20. The van der Waals surface area contributed by atoms with Crippen molar-refractivity contribution in [1.29, 1.82) is 0 Å². The molecule has 2 aliphatic heterocycles. The Labute approximate surface area is 181 Å². The molecule has 1 N–H and O–H groups in total. The van der Waals surface area contributed by atoms with Crippen LogP contribution in [0.5, 0.6) is 5.75 Å². The van der Waals surface area contributed by atoms with Gasteiger partial charge in [-0.2, -0.15) is 0 Å². The first kappa shape index (κ1) is 19.4. The van der Waals surface area contributed by atoms with E-state index in [1.165, 1.54) is 16.2 Å². The summed E-state index contributed by atoms with van der Waals surface area (Å²) in [5, 5.41) is 20.2. The molecule has 8 nitrogen and oxygen atoms in total. The van der Waals surface area contributed by atoms with Crippen LogP contribution in [0.2, 0.25) is 0 Å². The second kappa shape index (κ2) is 7.28. The summed E-state index contributed by atoms with van der Waals surface area (Å²) in [6, 6.07) is 7.89. The van der Waals surface area contributed by atoms with Gasteiger partial charge in [-0.25, -0.2) is 0 Å². The van der Waals surface area contributed by atoms with Crippen molar-refractivity contribution in [2.24, 2.45) is 0 Å². The van der Waals surface area contributed by atoms with E-state index in [0.717, 1.165) is 11.3 Å². The highest BCUT2D eigenvalue weighted by Crippen LogP contribution is 2.43. The van der Waals surface area contributed by atoms with Gasteiger partial charge in [0.2, 0.25) is 5.13 Å². The zero-order valence-electron chi connectivity index (χ0n) is 16.8. The molecule has 1 aromatic carbocycles. The van der Waals surface area contributed by atoms with E-state index < -0.39 is 17.7 Å². The van der Waals surface area contributed by atoms with Crippen LogP contribution in [0.1, 0.15) is 34.7 Å². The van der Waals surface area contributed by atoms with Crippen molar-refractivity contribution < 1.29 is 19.4 Å². The Hall–Kier alpha value is -3.59. The summed E-state index contributed by atoms with van der Waals surface area (Å²) in [6.45, 7) is 3.74. The molecule has 0 aliphatic carbocycles. The van der Waals surface area contributed by atoms with Crippen molar-refractivity contribution in [3.63, 3.8) is 0 Å². The highest BCUT2D eigenvalue weighted by Gasteiger charge is 2.48. The van der Waals surface area contributed by atoms with Crippen LogP contribution in [-0.2, 0) is 16.0 Å². The highest BCUT2D eigenvalue weighted by atomic mass is 32.1. The molecular formula is C22H18N4O4S. The number of rotatable bonds is 3. The van der Waals surface area contributed by atoms with Crippen LogP contribution in [0.15, 0.2) is 48.3 Å². The number of ether oxygens (including phenoxy) is 1. The summed E-state index contributed by atoms with van der Waals surface area (Å²) < 4.78 is 5.72. The SMILES string of the molecule is Cc1nnc(N2C(=O)C(=O)/C(=C(/O)c3ccc4c(c3)C[C@H](C)O4)[C@@H]2c2cccnc2)s1. The maximum Gasteiger partial charge on any atom is 0.301 e. The molecule has 156 valence electrons. The number of nitrogens with zero attached hydrogens (tertiary/aromatic N) is 4. The fourth-order valence-corrected chi connectivity index (χ4v) is 4.71. The number of carbonyl (C=O) groups excluding carboxylic acids is 2. The number of pyridine rings is 1. The second-order valence-corrected chi connectivity index (χ2v) is 8.67. The molecule has 3 aromatic rings. The van der Waals surface area contributed by atoms with Crippen LogP contribution in [-0.4, -0.2) is 38.1 Å². The van der Waals surface area contributed by atoms with Crippen molar-refractivity contribution in [3.8, 4) is 5.75 Å². The van der Waals surface area contributed by atoms with E-state index in [1.807, 2.05) is 6.92 Å². The van der Waals surface area contributed by atoms with E-state index in [4.69, 9.17) is 4.74 Å². The molecule has 9 heteroatoms. The number of ketones is 1. The van der Waals surface area contributed by atoms with Crippen molar-refractivity contribution in [3.05, 3.63) is 70.0 Å². The third-order valence-electron chi connectivity index (χ3n) is 5.34. The lowest BCUT2D eigenvalue weighted by Gasteiger charge is -2.22. The minimum absolute atomic E-state index is 0.00207. The number of anilines is 1. The van der Waals surface area contributed by atoms with Crippen LogP contribution in [0.4, 0.5) is 5.13 Å². The zero-order chi connectivity index (χ0) is 21.7. The lowest BCUT2D eigenvalue weighted by Crippen LogP contribution is -2.29. The molecule has 0 saturated carbocycles. The quantitative estimate of drug-likeness (QED) is 0.383. The van der Waals surface area contributed by atoms with Crippen LogP contribution in [0.3, 0.4) is 0 Å². The molecule has 31 heavy (non-hydrogen) atoms. The molecule has 4 heterocycles. The Bertz CT molecular complexity index is 1240. The number of carbonyl (C=O) groups is 2. The van der Waals surface area contributed by atoms with Crippen LogP contribution in [0, 0.1) is 6.92 Å². The fourth-order valence-electron chi connectivity index (χ4n) is 3.99. The molecule has 5 rings (SSSR count). The Balaban J connectivity index is 1.68. The van der Waals surface area contributed by atoms with Gasteiger partial charge in [-0.3, -0.25) is 19.5 Å². The van der Waals surface area contributed by atoms with E-state index in [-0.39, 0.29) is 17.4 Å². The molecule has 2 atom stereocenters. The molecule has 1 fully saturated rings. The lowest BCUT2D eigenvalue weighted by molar-refractivity contribution is -0.132. The monoisotopic (exact) mass is 434 g/mol. The van der Waals surface area contributed by atoms with E-state index >= 15 is 0 Å². The molecule has 1 saturated heterocycles.